The van der Waals surface area contributed by atoms with Crippen LogP contribution in [0, 0.1) is 21.4 Å². The van der Waals surface area contributed by atoms with Gasteiger partial charge in [0.1, 0.15) is 17.3 Å². The first kappa shape index (κ1) is 14.7. The Morgan fingerprint density at radius 1 is 1.21 bits per heavy atom. The van der Waals surface area contributed by atoms with Gasteiger partial charge in [0.2, 0.25) is 0 Å². The number of nitro groups is 1. The van der Waals surface area contributed by atoms with Gasteiger partial charge < -0.3 is 10.9 Å². The molecule has 0 aliphatic carbocycles. The monoisotopic (exact) mass is 264 g/mol. The first-order chi connectivity index (χ1) is 8.86. The summed E-state index contributed by atoms with van der Waals surface area (Å²) >= 11 is 0. The highest BCUT2D eigenvalue weighted by Crippen LogP contribution is 2.33. The summed E-state index contributed by atoms with van der Waals surface area (Å²) in [6, 6.07) is 4.86. The molecule has 2 N–H and O–H groups in total. The van der Waals surface area contributed by atoms with Crippen molar-refractivity contribution in [3.63, 3.8) is 0 Å². The fourth-order valence-corrected chi connectivity index (χ4v) is 1.53. The van der Waals surface area contributed by atoms with E-state index in [9.17, 15) is 15.4 Å². The van der Waals surface area contributed by atoms with Gasteiger partial charge in [0.15, 0.2) is 0 Å². The number of rotatable bonds is 5. The van der Waals surface area contributed by atoms with Crippen LogP contribution in [0.4, 0.5) is 17.1 Å². The zero-order valence-corrected chi connectivity index (χ0v) is 11.3. The van der Waals surface area contributed by atoms with E-state index in [4.69, 9.17) is 0 Å². The lowest BCUT2D eigenvalue weighted by molar-refractivity contribution is -0.384. The normalized spacial score (nSPS) is 10.4. The van der Waals surface area contributed by atoms with Crippen molar-refractivity contribution in [1.82, 2.24) is 10.0 Å². The van der Waals surface area contributed by atoms with E-state index in [1.807, 2.05) is 6.07 Å². The maximum absolute atomic E-state index is 11.0. The third kappa shape index (κ3) is 3.54. The quantitative estimate of drug-likeness (QED) is 0.610. The lowest BCUT2D eigenvalue weighted by atomic mass is 10.1. The summed E-state index contributed by atoms with van der Waals surface area (Å²) in [5.74, 6) is 0. The van der Waals surface area contributed by atoms with Crippen molar-refractivity contribution in [2.24, 2.45) is 0 Å². The third-order valence-electron chi connectivity index (χ3n) is 2.17. The Morgan fingerprint density at radius 3 is 2.21 bits per heavy atom. The number of hydrogen-bond donors (Lipinski definition) is 2. The maximum atomic E-state index is 11.0. The molecule has 8 nitrogen and oxygen atoms in total. The number of anilines is 2. The first-order valence-electron chi connectivity index (χ1n) is 5.46. The van der Waals surface area contributed by atoms with Gasteiger partial charge in [-0.25, -0.2) is 10.0 Å². The minimum atomic E-state index is -0.522. The Labute approximate surface area is 111 Å². The van der Waals surface area contributed by atoms with Crippen LogP contribution in [0.2, 0.25) is 0 Å². The zero-order valence-electron chi connectivity index (χ0n) is 11.3. The number of nitrogens with one attached hydrogen (secondary N) is 2. The largest absolute Gasteiger partial charge is 0.318 e. The summed E-state index contributed by atoms with van der Waals surface area (Å²) in [5, 5.41) is 23.5. The second kappa shape index (κ2) is 5.99. The number of hydrazine groups is 2. The maximum Gasteiger partial charge on any atom is 0.295 e. The molecule has 8 heteroatoms. The molecule has 0 aromatic heterocycles. The highest BCUT2D eigenvalue weighted by Gasteiger charge is 2.21. The first-order valence-corrected chi connectivity index (χ1v) is 5.46. The Hall–Kier alpha value is -2.37. The molecule has 102 valence electrons. The standard InChI is InChI=1S/C11H16N6O2/c1-15(2)13-9-5-6-10(17(18)19)11(8(9)7-12)14-16(3)4/h5-6,13-14H,1-4H3. The molecule has 0 saturated heterocycles. The van der Waals surface area contributed by atoms with Crippen LogP contribution in [-0.2, 0) is 0 Å². The number of nitrogens with zero attached hydrogens (tertiary/aromatic N) is 4. The number of nitro benzene ring substituents is 1. The van der Waals surface area contributed by atoms with Gasteiger partial charge in [0.05, 0.1) is 10.6 Å². The lowest BCUT2D eigenvalue weighted by Gasteiger charge is -2.19. The molecule has 0 fully saturated rings. The average molecular weight is 264 g/mol. The molecule has 19 heavy (non-hydrogen) atoms. The predicted molar refractivity (Wildman–Crippen MR) is 72.4 cm³/mol. The number of hydrogen-bond acceptors (Lipinski definition) is 7. The van der Waals surface area contributed by atoms with Gasteiger partial charge in [-0.15, -0.1) is 0 Å². The molecule has 0 bridgehead atoms. The summed E-state index contributed by atoms with van der Waals surface area (Å²) in [7, 11) is 6.91. The summed E-state index contributed by atoms with van der Waals surface area (Å²) in [4.78, 5) is 10.5. The Morgan fingerprint density at radius 2 is 1.79 bits per heavy atom. The lowest BCUT2D eigenvalue weighted by Crippen LogP contribution is -2.23. The molecule has 0 aliphatic heterocycles. The van der Waals surface area contributed by atoms with Crippen molar-refractivity contribution in [2.75, 3.05) is 39.0 Å². The van der Waals surface area contributed by atoms with Gasteiger partial charge in [0.25, 0.3) is 5.69 Å². The van der Waals surface area contributed by atoms with Crippen molar-refractivity contribution in [3.8, 4) is 6.07 Å². The van der Waals surface area contributed by atoms with E-state index in [1.165, 1.54) is 12.1 Å². The SMILES string of the molecule is CN(C)Nc1ccc([N+](=O)[O-])c(NN(C)C)c1C#N. The smallest absolute Gasteiger partial charge is 0.295 e. The molecular formula is C11H16N6O2. The predicted octanol–water partition coefficient (Wildman–Crippen LogP) is 1.24. The van der Waals surface area contributed by atoms with E-state index < -0.39 is 4.92 Å². The van der Waals surface area contributed by atoms with Crippen molar-refractivity contribution in [3.05, 3.63) is 27.8 Å². The Kier molecular flexibility index (Phi) is 4.63. The highest BCUT2D eigenvalue weighted by atomic mass is 16.6. The molecule has 0 radical (unpaired) electrons. The minimum absolute atomic E-state index is 0.144. The topological polar surface area (TPSA) is 97.5 Å². The van der Waals surface area contributed by atoms with Gasteiger partial charge in [-0.1, -0.05) is 0 Å². The van der Waals surface area contributed by atoms with E-state index in [2.05, 4.69) is 10.9 Å². The summed E-state index contributed by atoms with van der Waals surface area (Å²) in [5.41, 5.74) is 6.45. The van der Waals surface area contributed by atoms with Crippen molar-refractivity contribution in [2.45, 2.75) is 0 Å². The molecule has 0 saturated carbocycles. The zero-order chi connectivity index (χ0) is 14.6. The molecule has 0 atom stereocenters. The summed E-state index contributed by atoms with van der Waals surface area (Å²) in [6.07, 6.45) is 0. The van der Waals surface area contributed by atoms with Crippen LogP contribution in [0.25, 0.3) is 0 Å². The molecule has 0 spiro atoms. The van der Waals surface area contributed by atoms with E-state index >= 15 is 0 Å². The van der Waals surface area contributed by atoms with Gasteiger partial charge in [-0.3, -0.25) is 10.1 Å². The van der Waals surface area contributed by atoms with Gasteiger partial charge >= 0.3 is 0 Å². The number of benzene rings is 1. The van der Waals surface area contributed by atoms with Crippen LogP contribution in [0.1, 0.15) is 5.56 Å². The molecule has 1 aromatic rings. The van der Waals surface area contributed by atoms with Crippen LogP contribution < -0.4 is 10.9 Å². The number of nitriles is 1. The molecule has 0 heterocycles. The molecule has 1 aromatic carbocycles. The van der Waals surface area contributed by atoms with Crippen LogP contribution in [0.15, 0.2) is 12.1 Å². The van der Waals surface area contributed by atoms with Crippen molar-refractivity contribution in [1.29, 1.82) is 5.26 Å². The fourth-order valence-electron chi connectivity index (χ4n) is 1.53. The van der Waals surface area contributed by atoms with Crippen molar-refractivity contribution >= 4 is 17.1 Å². The van der Waals surface area contributed by atoms with Gasteiger partial charge in [-0.2, -0.15) is 5.26 Å². The van der Waals surface area contributed by atoms with Crippen LogP contribution >= 0.6 is 0 Å². The molecule has 1 rings (SSSR count). The van der Waals surface area contributed by atoms with E-state index in [-0.39, 0.29) is 16.9 Å². The van der Waals surface area contributed by atoms with Gasteiger partial charge in [-0.05, 0) is 6.07 Å². The van der Waals surface area contributed by atoms with E-state index in [1.54, 1.807) is 38.2 Å². The minimum Gasteiger partial charge on any atom is -0.318 e. The molecule has 0 amide bonds. The second-order valence-electron chi connectivity index (χ2n) is 4.26. The van der Waals surface area contributed by atoms with Crippen molar-refractivity contribution < 1.29 is 4.92 Å². The fraction of sp³-hybridized carbons (Fsp3) is 0.364. The van der Waals surface area contributed by atoms with Crippen LogP contribution in [0.3, 0.4) is 0 Å². The molecule has 0 unspecified atom stereocenters. The average Bonchev–Trinajstić information content (AvgIpc) is 2.27. The third-order valence-corrected chi connectivity index (χ3v) is 2.17. The summed E-state index contributed by atoms with van der Waals surface area (Å²) in [6.45, 7) is 0. The summed E-state index contributed by atoms with van der Waals surface area (Å²) < 4.78 is 0. The second-order valence-corrected chi connectivity index (χ2v) is 4.26. The van der Waals surface area contributed by atoms with E-state index in [0.29, 0.717) is 5.69 Å². The van der Waals surface area contributed by atoms with Gasteiger partial charge in [0, 0.05) is 34.3 Å². The Bertz CT molecular complexity index is 521. The molecule has 0 aliphatic rings. The highest BCUT2D eigenvalue weighted by molar-refractivity contribution is 5.78. The molecular weight excluding hydrogens is 248 g/mol. The van der Waals surface area contributed by atoms with Crippen LogP contribution in [0.5, 0.6) is 0 Å². The van der Waals surface area contributed by atoms with E-state index in [0.717, 1.165) is 0 Å². The Balaban J connectivity index is 3.41. The van der Waals surface area contributed by atoms with Crippen LogP contribution in [-0.4, -0.2) is 43.1 Å².